The van der Waals surface area contributed by atoms with Gasteiger partial charge >= 0.3 is 0 Å². The number of hydrogen-bond acceptors (Lipinski definition) is 3. The zero-order chi connectivity index (χ0) is 14.5. The largest absolute Gasteiger partial charge is 0.396 e. The third kappa shape index (κ3) is 3.31. The van der Waals surface area contributed by atoms with Crippen molar-refractivity contribution in [1.29, 1.82) is 0 Å². The zero-order valence-corrected chi connectivity index (χ0v) is 12.3. The van der Waals surface area contributed by atoms with E-state index in [0.29, 0.717) is 6.04 Å². The first kappa shape index (κ1) is 14.2. The molecule has 1 aliphatic carbocycles. The number of hydrogen-bond donors (Lipinski definition) is 1. The Morgan fingerprint density at radius 1 is 1.14 bits per heavy atom. The van der Waals surface area contributed by atoms with Gasteiger partial charge in [0.1, 0.15) is 0 Å². The molecule has 1 aliphatic rings. The summed E-state index contributed by atoms with van der Waals surface area (Å²) in [5.74, 6) is 0. The summed E-state index contributed by atoms with van der Waals surface area (Å²) in [4.78, 5) is 6.59. The third-order valence-corrected chi connectivity index (χ3v) is 4.28. The molecule has 1 heterocycles. The number of aryl methyl sites for hydroxylation is 1. The van der Waals surface area contributed by atoms with Crippen LogP contribution in [-0.2, 0) is 13.0 Å². The topological polar surface area (TPSA) is 36.4 Å². The van der Waals surface area contributed by atoms with Crippen LogP contribution in [0.2, 0.25) is 0 Å². The number of aliphatic hydroxyl groups is 1. The van der Waals surface area contributed by atoms with Crippen molar-refractivity contribution >= 4 is 0 Å². The molecule has 110 valence electrons. The van der Waals surface area contributed by atoms with E-state index in [1.807, 2.05) is 12.4 Å². The van der Waals surface area contributed by atoms with Gasteiger partial charge in [-0.1, -0.05) is 24.3 Å². The Morgan fingerprint density at radius 2 is 1.95 bits per heavy atom. The minimum atomic E-state index is 0.251. The van der Waals surface area contributed by atoms with Gasteiger partial charge in [-0.15, -0.1) is 0 Å². The fraction of sp³-hybridized carbons (Fsp3) is 0.389. The van der Waals surface area contributed by atoms with Crippen LogP contribution in [0.15, 0.2) is 48.8 Å². The first-order valence-electron chi connectivity index (χ1n) is 7.70. The number of aromatic nitrogens is 1. The van der Waals surface area contributed by atoms with Crippen molar-refractivity contribution in [3.8, 4) is 0 Å². The van der Waals surface area contributed by atoms with Gasteiger partial charge in [0.05, 0.1) is 0 Å². The lowest BCUT2D eigenvalue weighted by Crippen LogP contribution is -2.28. The van der Waals surface area contributed by atoms with E-state index in [1.54, 1.807) is 0 Å². The lowest BCUT2D eigenvalue weighted by Gasteiger charge is -2.29. The summed E-state index contributed by atoms with van der Waals surface area (Å²) in [6.07, 6.45) is 6.86. The Morgan fingerprint density at radius 3 is 2.76 bits per heavy atom. The molecule has 1 aromatic heterocycles. The molecule has 1 atom stereocenters. The van der Waals surface area contributed by atoms with Crippen molar-refractivity contribution < 1.29 is 5.11 Å². The minimum absolute atomic E-state index is 0.251. The Kier molecular flexibility index (Phi) is 4.63. The number of pyridine rings is 1. The molecule has 0 spiro atoms. The van der Waals surface area contributed by atoms with Crippen LogP contribution in [0.1, 0.15) is 35.6 Å². The van der Waals surface area contributed by atoms with Crippen molar-refractivity contribution in [2.45, 2.75) is 31.8 Å². The standard InChI is InChI=1S/C18H22N2O/c21-13-3-12-20(14-15-8-10-19-11-9-15)18-7-6-16-4-1-2-5-17(16)18/h1-2,4-5,8-11,18,21H,3,6-7,12-14H2/t18-/m1/s1. The summed E-state index contributed by atoms with van der Waals surface area (Å²) in [5, 5.41) is 9.18. The van der Waals surface area contributed by atoms with Crippen LogP contribution in [0.4, 0.5) is 0 Å². The highest BCUT2D eigenvalue weighted by Crippen LogP contribution is 2.36. The Labute approximate surface area is 126 Å². The maximum Gasteiger partial charge on any atom is 0.0443 e. The number of nitrogens with zero attached hydrogens (tertiary/aromatic N) is 2. The Balaban J connectivity index is 1.80. The highest BCUT2D eigenvalue weighted by atomic mass is 16.3. The van der Waals surface area contributed by atoms with Crippen molar-refractivity contribution in [1.82, 2.24) is 9.88 Å². The van der Waals surface area contributed by atoms with Gasteiger partial charge in [0, 0.05) is 38.1 Å². The van der Waals surface area contributed by atoms with Gasteiger partial charge in [0.25, 0.3) is 0 Å². The van der Waals surface area contributed by atoms with Gasteiger partial charge < -0.3 is 5.11 Å². The molecule has 0 saturated carbocycles. The maximum absolute atomic E-state index is 9.18. The highest BCUT2D eigenvalue weighted by Gasteiger charge is 2.27. The van der Waals surface area contributed by atoms with E-state index >= 15 is 0 Å². The molecular formula is C18H22N2O. The van der Waals surface area contributed by atoms with Crippen LogP contribution in [0.3, 0.4) is 0 Å². The molecular weight excluding hydrogens is 260 g/mol. The minimum Gasteiger partial charge on any atom is -0.396 e. The van der Waals surface area contributed by atoms with E-state index in [4.69, 9.17) is 0 Å². The van der Waals surface area contributed by atoms with E-state index in [2.05, 4.69) is 46.3 Å². The molecule has 3 rings (SSSR count). The van der Waals surface area contributed by atoms with Crippen LogP contribution in [-0.4, -0.2) is 28.1 Å². The molecule has 3 nitrogen and oxygen atoms in total. The molecule has 3 heteroatoms. The molecule has 0 bridgehead atoms. The lowest BCUT2D eigenvalue weighted by atomic mass is 10.1. The van der Waals surface area contributed by atoms with Gasteiger partial charge in [0.2, 0.25) is 0 Å². The molecule has 0 amide bonds. The van der Waals surface area contributed by atoms with Crippen LogP contribution >= 0.6 is 0 Å². The van der Waals surface area contributed by atoms with Gasteiger partial charge in [0.15, 0.2) is 0 Å². The molecule has 0 saturated heterocycles. The van der Waals surface area contributed by atoms with Gasteiger partial charge in [-0.3, -0.25) is 9.88 Å². The van der Waals surface area contributed by atoms with E-state index in [-0.39, 0.29) is 6.61 Å². The third-order valence-electron chi connectivity index (χ3n) is 4.28. The average Bonchev–Trinajstić information content (AvgIpc) is 2.96. The Hall–Kier alpha value is -1.71. The fourth-order valence-electron chi connectivity index (χ4n) is 3.26. The first-order valence-corrected chi connectivity index (χ1v) is 7.70. The van der Waals surface area contributed by atoms with E-state index < -0.39 is 0 Å². The normalized spacial score (nSPS) is 17.1. The van der Waals surface area contributed by atoms with Crippen molar-refractivity contribution in [3.05, 3.63) is 65.5 Å². The number of benzene rings is 1. The zero-order valence-electron chi connectivity index (χ0n) is 12.3. The predicted octanol–water partition coefficient (Wildman–Crippen LogP) is 2.95. The quantitative estimate of drug-likeness (QED) is 0.885. The summed E-state index contributed by atoms with van der Waals surface area (Å²) >= 11 is 0. The molecule has 0 aliphatic heterocycles. The number of aliphatic hydroxyl groups excluding tert-OH is 1. The smallest absolute Gasteiger partial charge is 0.0443 e. The predicted molar refractivity (Wildman–Crippen MR) is 83.9 cm³/mol. The first-order chi connectivity index (χ1) is 10.4. The van der Waals surface area contributed by atoms with Crippen LogP contribution in [0.25, 0.3) is 0 Å². The van der Waals surface area contributed by atoms with Crippen molar-refractivity contribution in [2.75, 3.05) is 13.2 Å². The fourth-order valence-corrected chi connectivity index (χ4v) is 3.26. The Bertz CT molecular complexity index is 570. The molecule has 2 aromatic rings. The van der Waals surface area contributed by atoms with Gasteiger partial charge in [-0.2, -0.15) is 0 Å². The number of fused-ring (bicyclic) bond motifs is 1. The molecule has 0 unspecified atom stereocenters. The van der Waals surface area contributed by atoms with Gasteiger partial charge in [-0.05, 0) is 48.1 Å². The lowest BCUT2D eigenvalue weighted by molar-refractivity contribution is 0.166. The molecule has 1 aromatic carbocycles. The van der Waals surface area contributed by atoms with Crippen LogP contribution in [0, 0.1) is 0 Å². The van der Waals surface area contributed by atoms with Crippen LogP contribution < -0.4 is 0 Å². The highest BCUT2D eigenvalue weighted by molar-refractivity contribution is 5.34. The van der Waals surface area contributed by atoms with E-state index in [9.17, 15) is 5.11 Å². The SMILES string of the molecule is OCCCN(Cc1ccncc1)[C@@H]1CCc2ccccc21. The average molecular weight is 282 g/mol. The number of rotatable bonds is 6. The summed E-state index contributed by atoms with van der Waals surface area (Å²) in [5.41, 5.74) is 4.23. The second-order valence-electron chi connectivity index (χ2n) is 5.66. The summed E-state index contributed by atoms with van der Waals surface area (Å²) in [6.45, 7) is 2.10. The van der Waals surface area contributed by atoms with Crippen molar-refractivity contribution in [2.24, 2.45) is 0 Å². The van der Waals surface area contributed by atoms with Crippen LogP contribution in [0.5, 0.6) is 0 Å². The molecule has 1 N–H and O–H groups in total. The van der Waals surface area contributed by atoms with E-state index in [0.717, 1.165) is 25.9 Å². The van der Waals surface area contributed by atoms with E-state index in [1.165, 1.54) is 23.1 Å². The maximum atomic E-state index is 9.18. The molecule has 21 heavy (non-hydrogen) atoms. The van der Waals surface area contributed by atoms with Crippen molar-refractivity contribution in [3.63, 3.8) is 0 Å². The molecule has 0 radical (unpaired) electrons. The van der Waals surface area contributed by atoms with Gasteiger partial charge in [-0.25, -0.2) is 0 Å². The summed E-state index contributed by atoms with van der Waals surface area (Å²) < 4.78 is 0. The summed E-state index contributed by atoms with van der Waals surface area (Å²) in [6, 6.07) is 13.4. The second-order valence-corrected chi connectivity index (χ2v) is 5.66. The molecule has 0 fully saturated rings. The summed E-state index contributed by atoms with van der Waals surface area (Å²) in [7, 11) is 0. The second kappa shape index (κ2) is 6.83. The monoisotopic (exact) mass is 282 g/mol.